The highest BCUT2D eigenvalue weighted by atomic mass is 35.5. The van der Waals surface area contributed by atoms with Crippen molar-refractivity contribution in [2.75, 3.05) is 19.0 Å². The van der Waals surface area contributed by atoms with Crippen LogP contribution in [-0.4, -0.2) is 25.5 Å². The van der Waals surface area contributed by atoms with E-state index in [1.807, 2.05) is 0 Å². The Morgan fingerprint density at radius 2 is 1.76 bits per heavy atom. The summed E-state index contributed by atoms with van der Waals surface area (Å²) in [7, 11) is 1.54. The van der Waals surface area contributed by atoms with Crippen molar-refractivity contribution < 1.29 is 14.3 Å². The van der Waals surface area contributed by atoms with Gasteiger partial charge in [-0.25, -0.2) is 0 Å². The van der Waals surface area contributed by atoms with Crippen LogP contribution in [0.3, 0.4) is 0 Å². The second-order valence-electron chi connectivity index (χ2n) is 5.09. The molecule has 0 spiro atoms. The van der Waals surface area contributed by atoms with E-state index in [9.17, 15) is 9.59 Å². The van der Waals surface area contributed by atoms with Crippen molar-refractivity contribution >= 4 is 52.3 Å². The smallest absolute Gasteiger partial charge is 0.262 e. The fourth-order valence-corrected chi connectivity index (χ4v) is 2.69. The Bertz CT molecular complexity index is 825. The number of nitrogens with one attached hydrogen (secondary N) is 2. The topological polar surface area (TPSA) is 67.4 Å². The van der Waals surface area contributed by atoms with E-state index in [0.717, 1.165) is 0 Å². The van der Waals surface area contributed by atoms with Gasteiger partial charge in [-0.3, -0.25) is 9.59 Å². The van der Waals surface area contributed by atoms with Gasteiger partial charge in [0, 0.05) is 24.4 Å². The van der Waals surface area contributed by atoms with Crippen LogP contribution < -0.4 is 15.4 Å². The minimum atomic E-state index is -0.403. The van der Waals surface area contributed by atoms with E-state index in [4.69, 9.17) is 39.5 Å². The summed E-state index contributed by atoms with van der Waals surface area (Å²) in [5.41, 5.74) is 1.66. The van der Waals surface area contributed by atoms with E-state index in [1.165, 1.54) is 12.1 Å². The molecule has 0 fully saturated rings. The minimum absolute atomic E-state index is 0.229. The zero-order valence-electron chi connectivity index (χ0n) is 13.5. The number of rotatable bonds is 5. The van der Waals surface area contributed by atoms with Crippen molar-refractivity contribution in [1.29, 1.82) is 0 Å². The van der Waals surface area contributed by atoms with E-state index in [2.05, 4.69) is 10.6 Å². The number of hydrogen-bond acceptors (Lipinski definition) is 3. The highest BCUT2D eigenvalue weighted by Crippen LogP contribution is 2.33. The second-order valence-corrected chi connectivity index (χ2v) is 6.31. The Labute approximate surface area is 160 Å². The highest BCUT2D eigenvalue weighted by Gasteiger charge is 2.13. The molecule has 2 rings (SSSR count). The monoisotopic (exact) mass is 400 g/mol. The molecule has 2 N–H and O–H groups in total. The van der Waals surface area contributed by atoms with Crippen LogP contribution in [0, 0.1) is 6.92 Å². The molecule has 0 saturated carbocycles. The molecule has 0 heterocycles. The van der Waals surface area contributed by atoms with Gasteiger partial charge in [-0.2, -0.15) is 0 Å². The van der Waals surface area contributed by atoms with Gasteiger partial charge >= 0.3 is 0 Å². The number of halogens is 3. The molecule has 2 aromatic carbocycles. The molecule has 8 heteroatoms. The summed E-state index contributed by atoms with van der Waals surface area (Å²) < 4.78 is 5.38. The maximum absolute atomic E-state index is 12.1. The standard InChI is InChI=1S/C17H15Cl3N2O3/c1-9-10(17(24)21-2)4-3-5-14(9)22-16(23)8-25-15-7-12(19)11(18)6-13(15)20/h3-7H,8H2,1-2H3,(H,21,24)(H,22,23). The fraction of sp³-hybridized carbons (Fsp3) is 0.176. The van der Waals surface area contributed by atoms with Gasteiger partial charge in [0.1, 0.15) is 5.75 Å². The molecule has 0 aliphatic heterocycles. The lowest BCUT2D eigenvalue weighted by Gasteiger charge is -2.13. The lowest BCUT2D eigenvalue weighted by molar-refractivity contribution is -0.118. The molecule has 2 amide bonds. The van der Waals surface area contributed by atoms with E-state index in [-0.39, 0.29) is 28.3 Å². The summed E-state index contributed by atoms with van der Waals surface area (Å²) in [4.78, 5) is 23.9. The van der Waals surface area contributed by atoms with Crippen LogP contribution >= 0.6 is 34.8 Å². The third-order valence-corrected chi connectivity index (χ3v) is 4.43. The number of hydrogen-bond donors (Lipinski definition) is 2. The molecule has 2 aromatic rings. The molecule has 0 aliphatic carbocycles. The lowest BCUT2D eigenvalue weighted by atomic mass is 10.1. The maximum atomic E-state index is 12.1. The minimum Gasteiger partial charge on any atom is -0.482 e. The van der Waals surface area contributed by atoms with Crippen LogP contribution in [-0.2, 0) is 4.79 Å². The molecule has 0 bridgehead atoms. The van der Waals surface area contributed by atoms with Crippen molar-refractivity contribution in [2.45, 2.75) is 6.92 Å². The summed E-state index contributed by atoms with van der Waals surface area (Å²) >= 11 is 17.7. The molecule has 0 unspecified atom stereocenters. The van der Waals surface area contributed by atoms with Crippen molar-refractivity contribution in [3.8, 4) is 5.75 Å². The molecule has 5 nitrogen and oxygen atoms in total. The number of carbonyl (C=O) groups excluding carboxylic acids is 2. The molecule has 0 radical (unpaired) electrons. The second kappa shape index (κ2) is 8.43. The van der Waals surface area contributed by atoms with E-state index >= 15 is 0 Å². The predicted octanol–water partition coefficient (Wildman–Crippen LogP) is 4.33. The quantitative estimate of drug-likeness (QED) is 0.733. The third-order valence-electron chi connectivity index (χ3n) is 3.41. The van der Waals surface area contributed by atoms with Crippen LogP contribution in [0.25, 0.3) is 0 Å². The first kappa shape index (κ1) is 19.4. The van der Waals surface area contributed by atoms with E-state index < -0.39 is 5.91 Å². The normalized spacial score (nSPS) is 10.3. The largest absolute Gasteiger partial charge is 0.482 e. The Morgan fingerprint density at radius 3 is 2.44 bits per heavy atom. The average molecular weight is 402 g/mol. The Hall–Kier alpha value is -1.95. The van der Waals surface area contributed by atoms with Gasteiger partial charge in [-0.05, 0) is 30.7 Å². The number of amides is 2. The van der Waals surface area contributed by atoms with Gasteiger partial charge < -0.3 is 15.4 Å². The molecular formula is C17H15Cl3N2O3. The molecule has 0 atom stereocenters. The van der Waals surface area contributed by atoms with Gasteiger partial charge in [-0.1, -0.05) is 40.9 Å². The van der Waals surface area contributed by atoms with Gasteiger partial charge in [0.2, 0.25) is 0 Å². The number of carbonyl (C=O) groups is 2. The summed E-state index contributed by atoms with van der Waals surface area (Å²) in [5.74, 6) is -0.381. The number of benzene rings is 2. The first-order chi connectivity index (χ1) is 11.8. The van der Waals surface area contributed by atoms with E-state index in [0.29, 0.717) is 21.8 Å². The highest BCUT2D eigenvalue weighted by molar-refractivity contribution is 6.43. The van der Waals surface area contributed by atoms with Crippen LogP contribution in [0.1, 0.15) is 15.9 Å². The van der Waals surface area contributed by atoms with Gasteiger partial charge in [0.05, 0.1) is 15.1 Å². The zero-order chi connectivity index (χ0) is 18.6. The molecular weight excluding hydrogens is 387 g/mol. The summed E-state index contributed by atoms with van der Waals surface area (Å²) in [6.07, 6.45) is 0. The van der Waals surface area contributed by atoms with Gasteiger partial charge in [-0.15, -0.1) is 0 Å². The number of anilines is 1. The van der Waals surface area contributed by atoms with E-state index in [1.54, 1.807) is 32.2 Å². The van der Waals surface area contributed by atoms with Crippen LogP contribution in [0.15, 0.2) is 30.3 Å². The molecule has 132 valence electrons. The first-order valence-electron chi connectivity index (χ1n) is 7.22. The van der Waals surface area contributed by atoms with Gasteiger partial charge in [0.15, 0.2) is 6.61 Å². The van der Waals surface area contributed by atoms with Crippen molar-refractivity contribution in [1.82, 2.24) is 5.32 Å². The van der Waals surface area contributed by atoms with Crippen LogP contribution in [0.2, 0.25) is 15.1 Å². The van der Waals surface area contributed by atoms with Crippen molar-refractivity contribution in [3.05, 3.63) is 56.5 Å². The maximum Gasteiger partial charge on any atom is 0.262 e. The lowest BCUT2D eigenvalue weighted by Crippen LogP contribution is -2.23. The SMILES string of the molecule is CNC(=O)c1cccc(NC(=O)COc2cc(Cl)c(Cl)cc2Cl)c1C. The van der Waals surface area contributed by atoms with Crippen molar-refractivity contribution in [2.24, 2.45) is 0 Å². The Balaban J connectivity index is 2.06. The third kappa shape index (κ3) is 4.78. The molecule has 0 aliphatic rings. The molecule has 0 aromatic heterocycles. The van der Waals surface area contributed by atoms with Crippen LogP contribution in [0.5, 0.6) is 5.75 Å². The van der Waals surface area contributed by atoms with Gasteiger partial charge in [0.25, 0.3) is 11.8 Å². The number of ether oxygens (including phenoxy) is 1. The summed E-state index contributed by atoms with van der Waals surface area (Å²) in [5, 5.41) is 6.07. The average Bonchev–Trinajstić information content (AvgIpc) is 2.58. The zero-order valence-corrected chi connectivity index (χ0v) is 15.7. The van der Waals surface area contributed by atoms with Crippen LogP contribution in [0.4, 0.5) is 5.69 Å². The Kier molecular flexibility index (Phi) is 6.53. The Morgan fingerprint density at radius 1 is 1.08 bits per heavy atom. The molecule has 25 heavy (non-hydrogen) atoms. The summed E-state index contributed by atoms with van der Waals surface area (Å²) in [6.45, 7) is 1.47. The van der Waals surface area contributed by atoms with Crippen molar-refractivity contribution in [3.63, 3.8) is 0 Å². The molecule has 0 saturated heterocycles. The predicted molar refractivity (Wildman–Crippen MR) is 100 cm³/mol. The summed E-state index contributed by atoms with van der Waals surface area (Å²) in [6, 6.07) is 7.94. The fourth-order valence-electron chi connectivity index (χ4n) is 2.10. The first-order valence-corrected chi connectivity index (χ1v) is 8.35.